The van der Waals surface area contributed by atoms with E-state index in [1.54, 1.807) is 12.1 Å². The fourth-order valence-corrected chi connectivity index (χ4v) is 3.12. The van der Waals surface area contributed by atoms with Crippen molar-refractivity contribution in [2.75, 3.05) is 31.1 Å². The zero-order chi connectivity index (χ0) is 16.2. The molecule has 1 aliphatic heterocycles. The largest absolute Gasteiger partial charge is 0.368 e. The lowest BCUT2D eigenvalue weighted by Crippen LogP contribution is -2.46. The number of anilines is 1. The Hall–Kier alpha value is -2.09. The van der Waals surface area contributed by atoms with Gasteiger partial charge in [0.2, 0.25) is 0 Å². The molecule has 23 heavy (non-hydrogen) atoms. The first-order chi connectivity index (χ1) is 11.2. The Morgan fingerprint density at radius 1 is 1.04 bits per heavy atom. The van der Waals surface area contributed by atoms with Crippen LogP contribution in [0.5, 0.6) is 0 Å². The van der Waals surface area contributed by atoms with Crippen LogP contribution in [0.1, 0.15) is 11.1 Å². The topological polar surface area (TPSA) is 30.3 Å². The van der Waals surface area contributed by atoms with Crippen molar-refractivity contribution < 1.29 is 4.39 Å². The van der Waals surface area contributed by atoms with Crippen molar-refractivity contribution in [3.05, 3.63) is 64.4 Å². The smallest absolute Gasteiger partial charge is 0.129 e. The minimum Gasteiger partial charge on any atom is -0.368 e. The first kappa shape index (κ1) is 15.8. The second-order valence-corrected chi connectivity index (χ2v) is 6.00. The molecule has 0 bridgehead atoms. The Morgan fingerprint density at radius 2 is 1.78 bits per heavy atom. The minimum absolute atomic E-state index is 0.255. The SMILES string of the molecule is N#Cc1ccccc1N1CCN(Cc2c(F)cccc2Cl)CC1. The lowest BCUT2D eigenvalue weighted by atomic mass is 10.1. The van der Waals surface area contributed by atoms with E-state index < -0.39 is 0 Å². The summed E-state index contributed by atoms with van der Waals surface area (Å²) in [5.74, 6) is -0.255. The van der Waals surface area contributed by atoms with Gasteiger partial charge in [0.1, 0.15) is 11.9 Å². The molecule has 5 heteroatoms. The Labute approximate surface area is 140 Å². The molecule has 1 heterocycles. The third-order valence-electron chi connectivity index (χ3n) is 4.18. The van der Waals surface area contributed by atoms with Gasteiger partial charge in [0.25, 0.3) is 0 Å². The molecule has 0 atom stereocenters. The maximum Gasteiger partial charge on any atom is 0.129 e. The molecule has 0 unspecified atom stereocenters. The van der Waals surface area contributed by atoms with Crippen LogP contribution >= 0.6 is 11.6 Å². The third kappa shape index (κ3) is 3.47. The summed E-state index contributed by atoms with van der Waals surface area (Å²) in [4.78, 5) is 4.40. The molecule has 0 amide bonds. The molecule has 0 saturated carbocycles. The standard InChI is InChI=1S/C18H17ClFN3/c19-16-5-3-6-17(20)15(16)13-22-8-10-23(11-9-22)18-7-2-1-4-14(18)12-21/h1-7H,8-11,13H2. The van der Waals surface area contributed by atoms with Crippen molar-refractivity contribution in [2.45, 2.75) is 6.54 Å². The molecule has 0 spiro atoms. The second-order valence-electron chi connectivity index (χ2n) is 5.59. The highest BCUT2D eigenvalue weighted by molar-refractivity contribution is 6.31. The average molecular weight is 330 g/mol. The number of nitrogens with zero attached hydrogens (tertiary/aromatic N) is 3. The number of hydrogen-bond acceptors (Lipinski definition) is 3. The third-order valence-corrected chi connectivity index (χ3v) is 4.53. The highest BCUT2D eigenvalue weighted by Gasteiger charge is 2.20. The Bertz CT molecular complexity index is 713. The van der Waals surface area contributed by atoms with E-state index in [9.17, 15) is 9.65 Å². The first-order valence-electron chi connectivity index (χ1n) is 7.58. The molecular formula is C18H17ClFN3. The predicted octanol–water partition coefficient (Wildman–Crippen LogP) is 3.67. The number of para-hydroxylation sites is 1. The van der Waals surface area contributed by atoms with Crippen LogP contribution in [0.25, 0.3) is 0 Å². The van der Waals surface area contributed by atoms with Crippen molar-refractivity contribution in [1.82, 2.24) is 4.90 Å². The van der Waals surface area contributed by atoms with Crippen LogP contribution < -0.4 is 4.90 Å². The fourth-order valence-electron chi connectivity index (χ4n) is 2.90. The van der Waals surface area contributed by atoms with Crippen LogP contribution in [0, 0.1) is 17.1 Å². The van der Waals surface area contributed by atoms with E-state index >= 15 is 0 Å². The van der Waals surface area contributed by atoms with E-state index in [-0.39, 0.29) is 5.82 Å². The van der Waals surface area contributed by atoms with Crippen molar-refractivity contribution in [1.29, 1.82) is 5.26 Å². The molecule has 1 saturated heterocycles. The van der Waals surface area contributed by atoms with Crippen molar-refractivity contribution >= 4 is 17.3 Å². The highest BCUT2D eigenvalue weighted by Crippen LogP contribution is 2.24. The summed E-state index contributed by atoms with van der Waals surface area (Å²) in [6, 6.07) is 14.7. The molecule has 1 aliphatic rings. The second kappa shape index (κ2) is 6.99. The van der Waals surface area contributed by atoms with Gasteiger partial charge in [0.05, 0.1) is 11.3 Å². The summed E-state index contributed by atoms with van der Waals surface area (Å²) in [6.07, 6.45) is 0. The van der Waals surface area contributed by atoms with E-state index in [2.05, 4.69) is 15.9 Å². The molecule has 0 aliphatic carbocycles. The molecule has 3 rings (SSSR count). The molecule has 2 aromatic rings. The van der Waals surface area contributed by atoms with Gasteiger partial charge in [-0.1, -0.05) is 29.8 Å². The van der Waals surface area contributed by atoms with Gasteiger partial charge in [-0.3, -0.25) is 4.90 Å². The molecule has 0 radical (unpaired) electrons. The number of rotatable bonds is 3. The van der Waals surface area contributed by atoms with Gasteiger partial charge in [-0.15, -0.1) is 0 Å². The lowest BCUT2D eigenvalue weighted by Gasteiger charge is -2.36. The van der Waals surface area contributed by atoms with E-state index in [0.717, 1.165) is 31.9 Å². The van der Waals surface area contributed by atoms with E-state index in [0.29, 0.717) is 22.7 Å². The van der Waals surface area contributed by atoms with Gasteiger partial charge < -0.3 is 4.90 Å². The van der Waals surface area contributed by atoms with Crippen molar-refractivity contribution in [2.24, 2.45) is 0 Å². The summed E-state index contributed by atoms with van der Waals surface area (Å²) in [5.41, 5.74) is 2.22. The molecular weight excluding hydrogens is 313 g/mol. The number of hydrogen-bond donors (Lipinski definition) is 0. The fraction of sp³-hybridized carbons (Fsp3) is 0.278. The van der Waals surface area contributed by atoms with Crippen LogP contribution in [-0.4, -0.2) is 31.1 Å². The Kier molecular flexibility index (Phi) is 4.80. The van der Waals surface area contributed by atoms with Crippen molar-refractivity contribution in [3.8, 4) is 6.07 Å². The normalized spacial score (nSPS) is 15.4. The Balaban J connectivity index is 1.66. The number of halogens is 2. The van der Waals surface area contributed by atoms with Gasteiger partial charge in [0.15, 0.2) is 0 Å². The predicted molar refractivity (Wildman–Crippen MR) is 90.1 cm³/mol. The van der Waals surface area contributed by atoms with Crippen LogP contribution in [-0.2, 0) is 6.54 Å². The van der Waals surface area contributed by atoms with E-state index in [4.69, 9.17) is 11.6 Å². The first-order valence-corrected chi connectivity index (χ1v) is 7.96. The van der Waals surface area contributed by atoms with Gasteiger partial charge >= 0.3 is 0 Å². The Morgan fingerprint density at radius 3 is 2.48 bits per heavy atom. The zero-order valence-corrected chi connectivity index (χ0v) is 13.4. The van der Waals surface area contributed by atoms with Crippen LogP contribution in [0.15, 0.2) is 42.5 Å². The number of benzene rings is 2. The number of piperazine rings is 1. The van der Waals surface area contributed by atoms with Gasteiger partial charge in [-0.25, -0.2) is 4.39 Å². The van der Waals surface area contributed by atoms with Crippen LogP contribution in [0.3, 0.4) is 0 Å². The van der Waals surface area contributed by atoms with Crippen LogP contribution in [0.4, 0.5) is 10.1 Å². The summed E-state index contributed by atoms with van der Waals surface area (Å²) in [5, 5.41) is 9.69. The lowest BCUT2D eigenvalue weighted by molar-refractivity contribution is 0.246. The van der Waals surface area contributed by atoms with Gasteiger partial charge in [0, 0.05) is 43.3 Å². The van der Waals surface area contributed by atoms with Gasteiger partial charge in [-0.05, 0) is 24.3 Å². The number of nitriles is 1. The molecule has 0 N–H and O–H groups in total. The zero-order valence-electron chi connectivity index (χ0n) is 12.7. The molecule has 3 nitrogen and oxygen atoms in total. The summed E-state index contributed by atoms with van der Waals surface area (Å²) in [6.45, 7) is 3.75. The molecule has 1 fully saturated rings. The van der Waals surface area contributed by atoms with E-state index in [1.165, 1.54) is 6.07 Å². The average Bonchev–Trinajstić information content (AvgIpc) is 2.59. The maximum atomic E-state index is 13.9. The maximum absolute atomic E-state index is 13.9. The van der Waals surface area contributed by atoms with Gasteiger partial charge in [-0.2, -0.15) is 5.26 Å². The molecule has 118 valence electrons. The summed E-state index contributed by atoms with van der Waals surface area (Å²) in [7, 11) is 0. The monoisotopic (exact) mass is 329 g/mol. The summed E-state index contributed by atoms with van der Waals surface area (Å²) < 4.78 is 13.9. The quantitative estimate of drug-likeness (QED) is 0.860. The summed E-state index contributed by atoms with van der Waals surface area (Å²) >= 11 is 6.10. The van der Waals surface area contributed by atoms with Crippen LogP contribution in [0.2, 0.25) is 5.02 Å². The minimum atomic E-state index is -0.255. The highest BCUT2D eigenvalue weighted by atomic mass is 35.5. The molecule has 2 aromatic carbocycles. The van der Waals surface area contributed by atoms with E-state index in [1.807, 2.05) is 24.3 Å². The molecule has 0 aromatic heterocycles. The van der Waals surface area contributed by atoms with Crippen molar-refractivity contribution in [3.63, 3.8) is 0 Å².